The molecule has 0 aliphatic carbocycles. The lowest BCUT2D eigenvalue weighted by Crippen LogP contribution is -2.18. The second-order valence-corrected chi connectivity index (χ2v) is 4.88. The van der Waals surface area contributed by atoms with Crippen LogP contribution in [0.4, 0.5) is 5.82 Å². The van der Waals surface area contributed by atoms with E-state index in [0.29, 0.717) is 6.61 Å². The summed E-state index contributed by atoms with van der Waals surface area (Å²) in [6, 6.07) is 12.2. The van der Waals surface area contributed by atoms with Gasteiger partial charge >= 0.3 is 11.5 Å². The van der Waals surface area contributed by atoms with Gasteiger partial charge in [0.2, 0.25) is 5.84 Å². The zero-order chi connectivity index (χ0) is 15.5. The summed E-state index contributed by atoms with van der Waals surface area (Å²) < 4.78 is 4.59. The number of aromatic nitrogens is 2. The fourth-order valence-electron chi connectivity index (χ4n) is 2.25. The Morgan fingerprint density at radius 1 is 1.32 bits per heavy atom. The molecule has 0 amide bonds. The molecular weight excluding hydrogens is 282 g/mol. The second-order valence-electron chi connectivity index (χ2n) is 4.88. The van der Waals surface area contributed by atoms with E-state index in [2.05, 4.69) is 44.4 Å². The molecule has 0 bridgehead atoms. The fourth-order valence-corrected chi connectivity index (χ4v) is 2.25. The van der Waals surface area contributed by atoms with Gasteiger partial charge in [-0.05, 0) is 23.3 Å². The molecule has 7 heteroatoms. The van der Waals surface area contributed by atoms with Crippen LogP contribution < -0.4 is 16.6 Å². The van der Waals surface area contributed by atoms with Crippen molar-refractivity contribution in [1.82, 2.24) is 5.16 Å². The maximum Gasteiger partial charge on any atom is 0.303 e. The van der Waals surface area contributed by atoms with Gasteiger partial charge in [-0.25, -0.2) is 0 Å². The Morgan fingerprint density at radius 2 is 2.14 bits per heavy atom. The molecule has 0 fully saturated rings. The average molecular weight is 298 g/mol. The summed E-state index contributed by atoms with van der Waals surface area (Å²) in [5.41, 5.74) is 13.8. The summed E-state index contributed by atoms with van der Waals surface area (Å²) in [6.45, 7) is 2.33. The van der Waals surface area contributed by atoms with Crippen molar-refractivity contribution in [3.05, 3.63) is 53.2 Å². The summed E-state index contributed by atoms with van der Waals surface area (Å²) in [6.07, 6.45) is 0. The highest BCUT2D eigenvalue weighted by molar-refractivity contribution is 5.98. The molecule has 0 spiro atoms. The second kappa shape index (κ2) is 5.72. The van der Waals surface area contributed by atoms with Crippen LogP contribution >= 0.6 is 0 Å². The lowest BCUT2D eigenvalue weighted by atomic mass is 10.0. The van der Waals surface area contributed by atoms with Gasteiger partial charge in [0.05, 0.1) is 5.16 Å². The van der Waals surface area contributed by atoms with Crippen molar-refractivity contribution in [2.45, 2.75) is 13.5 Å². The minimum Gasteiger partial charge on any atom is -0.389 e. The normalized spacial score (nSPS) is 11.8. The number of aryl methyl sites for hydroxylation is 1. The minimum absolute atomic E-state index is 0.0559. The molecule has 0 aliphatic heterocycles. The third kappa shape index (κ3) is 2.56. The van der Waals surface area contributed by atoms with Crippen LogP contribution in [0.1, 0.15) is 16.8 Å². The predicted molar refractivity (Wildman–Crippen MR) is 81.7 cm³/mol. The van der Waals surface area contributed by atoms with Gasteiger partial charge in [-0.1, -0.05) is 46.7 Å². The molecule has 5 N–H and O–H groups in total. The number of benzene rings is 2. The number of rotatable bonds is 4. The van der Waals surface area contributed by atoms with E-state index in [9.17, 15) is 0 Å². The number of hydrogen-bond acceptors (Lipinski definition) is 5. The Balaban J connectivity index is 1.83. The molecule has 0 atom stereocenters. The van der Waals surface area contributed by atoms with Crippen LogP contribution in [0.25, 0.3) is 10.8 Å². The van der Waals surface area contributed by atoms with Crippen LogP contribution in [0.2, 0.25) is 0 Å². The van der Waals surface area contributed by atoms with Crippen LogP contribution in [0, 0.1) is 6.92 Å². The summed E-state index contributed by atoms with van der Waals surface area (Å²) >= 11 is 0. The number of nitrogens with zero attached hydrogens (tertiary/aromatic N) is 2. The van der Waals surface area contributed by atoms with Crippen LogP contribution in [0.15, 0.2) is 46.2 Å². The van der Waals surface area contributed by atoms with E-state index < -0.39 is 0 Å². The van der Waals surface area contributed by atoms with Gasteiger partial charge in [0.15, 0.2) is 0 Å². The van der Waals surface area contributed by atoms with Crippen molar-refractivity contribution in [3.63, 3.8) is 0 Å². The maximum atomic E-state index is 5.76. The van der Waals surface area contributed by atoms with E-state index in [0.717, 1.165) is 21.9 Å². The summed E-state index contributed by atoms with van der Waals surface area (Å²) in [7, 11) is 0. The Bertz CT molecular complexity index is 841. The lowest BCUT2D eigenvalue weighted by molar-refractivity contribution is -0.610. The number of H-pyrrole nitrogens is 1. The van der Waals surface area contributed by atoms with E-state index in [4.69, 9.17) is 16.3 Å². The van der Waals surface area contributed by atoms with Crippen LogP contribution in [0.5, 0.6) is 0 Å². The first-order valence-corrected chi connectivity index (χ1v) is 6.72. The number of oxime groups is 1. The van der Waals surface area contributed by atoms with Gasteiger partial charge in [-0.3, -0.25) is 0 Å². The molecule has 1 heterocycles. The standard InChI is InChI=1S/C15H15N5O2/c1-9-6-7-10-4-2-3-5-11(10)12(9)8-21-19-14(16)13-15(17)20-22-18-13/h2-7H,8H2,1H3,(H2,16,19)(H2,17,20)/p+1. The highest BCUT2D eigenvalue weighted by atomic mass is 16.6. The van der Waals surface area contributed by atoms with Crippen molar-refractivity contribution in [2.24, 2.45) is 10.9 Å². The molecule has 3 aromatic rings. The number of nitrogens with two attached hydrogens (primary N) is 2. The van der Waals surface area contributed by atoms with Crippen LogP contribution in [0.3, 0.4) is 0 Å². The van der Waals surface area contributed by atoms with Gasteiger partial charge in [-0.2, -0.15) is 0 Å². The number of fused-ring (bicyclic) bond motifs is 1. The van der Waals surface area contributed by atoms with Crippen molar-refractivity contribution < 1.29 is 14.6 Å². The molecule has 0 radical (unpaired) electrons. The van der Waals surface area contributed by atoms with Crippen molar-refractivity contribution in [3.8, 4) is 0 Å². The van der Waals surface area contributed by atoms with Gasteiger partial charge in [0.25, 0.3) is 0 Å². The number of amidine groups is 1. The fraction of sp³-hybridized carbons (Fsp3) is 0.133. The van der Waals surface area contributed by atoms with Crippen LogP contribution in [-0.4, -0.2) is 11.0 Å². The molecule has 112 valence electrons. The Morgan fingerprint density at radius 3 is 2.91 bits per heavy atom. The van der Waals surface area contributed by atoms with Gasteiger partial charge in [0, 0.05) is 5.56 Å². The number of nitrogens with one attached hydrogen (secondary N) is 1. The Labute approximate surface area is 126 Å². The first-order valence-electron chi connectivity index (χ1n) is 6.72. The zero-order valence-electron chi connectivity index (χ0n) is 12.0. The van der Waals surface area contributed by atoms with Crippen molar-refractivity contribution in [1.29, 1.82) is 0 Å². The van der Waals surface area contributed by atoms with E-state index in [1.54, 1.807) is 0 Å². The number of anilines is 1. The smallest absolute Gasteiger partial charge is 0.303 e. The Hall–Kier alpha value is -3.09. The summed E-state index contributed by atoms with van der Waals surface area (Å²) in [4.78, 5) is 5.36. The van der Waals surface area contributed by atoms with E-state index >= 15 is 0 Å². The van der Waals surface area contributed by atoms with E-state index in [1.807, 2.05) is 19.1 Å². The number of aromatic amines is 1. The molecule has 1 aromatic heterocycles. The minimum atomic E-state index is 0.0559. The highest BCUT2D eigenvalue weighted by Crippen LogP contribution is 2.22. The van der Waals surface area contributed by atoms with Gasteiger partial charge in [-0.15, -0.1) is 4.63 Å². The molecule has 3 rings (SSSR count). The highest BCUT2D eigenvalue weighted by Gasteiger charge is 2.18. The first kappa shape index (κ1) is 13.9. The topological polar surface area (TPSA) is 114 Å². The molecule has 0 saturated carbocycles. The van der Waals surface area contributed by atoms with Gasteiger partial charge in [0.1, 0.15) is 6.61 Å². The van der Waals surface area contributed by atoms with Crippen LogP contribution in [-0.2, 0) is 11.4 Å². The summed E-state index contributed by atoms with van der Waals surface area (Å²) in [5, 5.41) is 12.1. The first-order chi connectivity index (χ1) is 10.7. The third-order valence-electron chi connectivity index (χ3n) is 3.44. The molecule has 7 nitrogen and oxygen atoms in total. The molecule has 0 aliphatic rings. The van der Waals surface area contributed by atoms with E-state index in [-0.39, 0.29) is 17.3 Å². The molecule has 0 saturated heterocycles. The Kier molecular flexibility index (Phi) is 3.61. The summed E-state index contributed by atoms with van der Waals surface area (Å²) in [5.74, 6) is 0.256. The molecule has 0 unspecified atom stereocenters. The maximum absolute atomic E-state index is 5.76. The predicted octanol–water partition coefficient (Wildman–Crippen LogP) is 1.37. The van der Waals surface area contributed by atoms with E-state index in [1.165, 1.54) is 0 Å². The van der Waals surface area contributed by atoms with Crippen molar-refractivity contribution >= 4 is 22.4 Å². The molecule has 22 heavy (non-hydrogen) atoms. The van der Waals surface area contributed by atoms with Gasteiger partial charge < -0.3 is 16.3 Å². The third-order valence-corrected chi connectivity index (χ3v) is 3.44. The molecule has 2 aromatic carbocycles. The number of nitrogen functional groups attached to an aromatic ring is 1. The SMILES string of the molecule is Cc1ccc2ccccc2c1CON=C(N)c1no[nH+]c1N. The average Bonchev–Trinajstić information content (AvgIpc) is 2.95. The molecular formula is C15H16N5O2+. The largest absolute Gasteiger partial charge is 0.389 e. The number of hydrogen-bond donors (Lipinski definition) is 2. The monoisotopic (exact) mass is 298 g/mol. The zero-order valence-corrected chi connectivity index (χ0v) is 12.0. The lowest BCUT2D eigenvalue weighted by Gasteiger charge is -2.09. The van der Waals surface area contributed by atoms with Crippen molar-refractivity contribution in [2.75, 3.05) is 5.73 Å². The quantitative estimate of drug-likeness (QED) is 0.429.